The van der Waals surface area contributed by atoms with Gasteiger partial charge in [-0.3, -0.25) is 4.21 Å². The predicted molar refractivity (Wildman–Crippen MR) is 43.7 cm³/mol. The van der Waals surface area contributed by atoms with E-state index < -0.39 is 11.1 Å². The SMILES string of the molecule is CC1CC(S(=O)[O-])CCC1N. The first-order chi connectivity index (χ1) is 5.11. The first kappa shape index (κ1) is 9.16. The van der Waals surface area contributed by atoms with Crippen LogP contribution in [-0.2, 0) is 11.1 Å². The lowest BCUT2D eigenvalue weighted by Crippen LogP contribution is -2.37. The molecule has 2 N–H and O–H groups in total. The van der Waals surface area contributed by atoms with Gasteiger partial charge in [-0.2, -0.15) is 0 Å². The highest BCUT2D eigenvalue weighted by Crippen LogP contribution is 2.25. The van der Waals surface area contributed by atoms with E-state index >= 15 is 0 Å². The Bertz CT molecular complexity index is 163. The molecule has 1 saturated carbocycles. The lowest BCUT2D eigenvalue weighted by Gasteiger charge is -2.32. The molecule has 1 aliphatic rings. The minimum Gasteiger partial charge on any atom is -0.772 e. The molecule has 0 saturated heterocycles. The molecule has 1 rings (SSSR count). The van der Waals surface area contributed by atoms with Crippen LogP contribution in [0.5, 0.6) is 0 Å². The molecule has 0 radical (unpaired) electrons. The van der Waals surface area contributed by atoms with Crippen LogP contribution in [0.2, 0.25) is 0 Å². The van der Waals surface area contributed by atoms with E-state index in [1.54, 1.807) is 0 Å². The standard InChI is InChI=1S/C7H15NO2S/c1-5-4-6(11(9)10)2-3-7(5)8/h5-7H,2-4,8H2,1H3,(H,9,10)/p-1. The molecular weight excluding hydrogens is 162 g/mol. The second-order valence-corrected chi connectivity index (χ2v) is 4.52. The van der Waals surface area contributed by atoms with E-state index in [9.17, 15) is 8.76 Å². The largest absolute Gasteiger partial charge is 0.772 e. The molecule has 4 heteroatoms. The summed E-state index contributed by atoms with van der Waals surface area (Å²) in [5, 5.41) is -0.148. The second-order valence-electron chi connectivity index (χ2n) is 3.34. The summed E-state index contributed by atoms with van der Waals surface area (Å²) in [5.41, 5.74) is 5.74. The molecule has 4 atom stereocenters. The third-order valence-electron chi connectivity index (χ3n) is 2.46. The highest BCUT2D eigenvalue weighted by Gasteiger charge is 2.25. The Morgan fingerprint density at radius 3 is 2.64 bits per heavy atom. The number of hydrogen-bond donors (Lipinski definition) is 1. The van der Waals surface area contributed by atoms with Crippen molar-refractivity contribution >= 4 is 11.1 Å². The van der Waals surface area contributed by atoms with E-state index in [0.717, 1.165) is 19.3 Å². The molecule has 0 spiro atoms. The summed E-state index contributed by atoms with van der Waals surface area (Å²) in [4.78, 5) is 0. The Labute approximate surface area is 69.6 Å². The lowest BCUT2D eigenvalue weighted by molar-refractivity contribution is 0.327. The van der Waals surface area contributed by atoms with Crippen LogP contribution in [0.15, 0.2) is 0 Å². The maximum atomic E-state index is 10.6. The van der Waals surface area contributed by atoms with Gasteiger partial charge in [-0.05, 0) is 25.2 Å². The molecular formula is C7H14NO2S-. The van der Waals surface area contributed by atoms with E-state index in [-0.39, 0.29) is 11.3 Å². The molecule has 3 nitrogen and oxygen atoms in total. The lowest BCUT2D eigenvalue weighted by atomic mass is 9.86. The van der Waals surface area contributed by atoms with Crippen LogP contribution in [0.25, 0.3) is 0 Å². The molecule has 0 amide bonds. The number of nitrogens with two attached hydrogens (primary N) is 1. The van der Waals surface area contributed by atoms with Gasteiger partial charge in [-0.15, -0.1) is 0 Å². The van der Waals surface area contributed by atoms with Crippen molar-refractivity contribution < 1.29 is 8.76 Å². The highest BCUT2D eigenvalue weighted by atomic mass is 32.2. The van der Waals surface area contributed by atoms with E-state index in [0.29, 0.717) is 5.92 Å². The topological polar surface area (TPSA) is 66.1 Å². The number of rotatable bonds is 1. The minimum absolute atomic E-state index is 0.148. The molecule has 0 bridgehead atoms. The molecule has 66 valence electrons. The van der Waals surface area contributed by atoms with E-state index in [1.807, 2.05) is 6.92 Å². The fourth-order valence-electron chi connectivity index (χ4n) is 1.54. The minimum atomic E-state index is -1.89. The normalized spacial score (nSPS) is 41.9. The number of hydrogen-bond acceptors (Lipinski definition) is 3. The Morgan fingerprint density at radius 2 is 2.18 bits per heavy atom. The smallest absolute Gasteiger partial charge is 0.0219 e. The first-order valence-electron chi connectivity index (χ1n) is 3.95. The summed E-state index contributed by atoms with van der Waals surface area (Å²) in [7, 11) is 0. The summed E-state index contributed by atoms with van der Waals surface area (Å²) < 4.78 is 21.1. The van der Waals surface area contributed by atoms with Crippen LogP contribution in [-0.4, -0.2) is 20.1 Å². The van der Waals surface area contributed by atoms with Crippen molar-refractivity contribution in [1.82, 2.24) is 0 Å². The summed E-state index contributed by atoms with van der Waals surface area (Å²) in [6.07, 6.45) is 2.32. The van der Waals surface area contributed by atoms with Crippen molar-refractivity contribution in [1.29, 1.82) is 0 Å². The Hall–Kier alpha value is 0.0700. The summed E-state index contributed by atoms with van der Waals surface area (Å²) >= 11 is -1.89. The quantitative estimate of drug-likeness (QED) is 0.587. The third kappa shape index (κ3) is 2.25. The van der Waals surface area contributed by atoms with Gasteiger partial charge in [0.05, 0.1) is 0 Å². The predicted octanol–water partition coefficient (Wildman–Crippen LogP) is 0.381. The zero-order chi connectivity index (χ0) is 8.43. The zero-order valence-electron chi connectivity index (χ0n) is 6.66. The van der Waals surface area contributed by atoms with Crippen LogP contribution < -0.4 is 5.73 Å². The van der Waals surface area contributed by atoms with Gasteiger partial charge in [-0.1, -0.05) is 18.0 Å². The van der Waals surface area contributed by atoms with Crippen LogP contribution in [0.4, 0.5) is 0 Å². The molecule has 1 aliphatic carbocycles. The maximum absolute atomic E-state index is 10.6. The van der Waals surface area contributed by atoms with Gasteiger partial charge in [0.15, 0.2) is 0 Å². The molecule has 4 unspecified atom stereocenters. The highest BCUT2D eigenvalue weighted by molar-refractivity contribution is 7.79. The van der Waals surface area contributed by atoms with Gasteiger partial charge in [0.25, 0.3) is 0 Å². The molecule has 0 aromatic rings. The van der Waals surface area contributed by atoms with Gasteiger partial charge < -0.3 is 10.3 Å². The second kappa shape index (κ2) is 3.65. The van der Waals surface area contributed by atoms with Gasteiger partial charge in [0.1, 0.15) is 0 Å². The van der Waals surface area contributed by atoms with Crippen molar-refractivity contribution in [3.8, 4) is 0 Å². The van der Waals surface area contributed by atoms with Crippen LogP contribution in [0.3, 0.4) is 0 Å². The monoisotopic (exact) mass is 176 g/mol. The molecule has 0 aromatic heterocycles. The van der Waals surface area contributed by atoms with Crippen molar-refractivity contribution in [3.05, 3.63) is 0 Å². The summed E-state index contributed by atoms with van der Waals surface area (Å²) in [5.74, 6) is 0.353. The van der Waals surface area contributed by atoms with Gasteiger partial charge in [0.2, 0.25) is 0 Å². The molecule has 0 heterocycles. The maximum Gasteiger partial charge on any atom is 0.0219 e. The van der Waals surface area contributed by atoms with Gasteiger partial charge >= 0.3 is 0 Å². The van der Waals surface area contributed by atoms with E-state index in [4.69, 9.17) is 5.73 Å². The average molecular weight is 176 g/mol. The van der Waals surface area contributed by atoms with Gasteiger partial charge in [-0.25, -0.2) is 0 Å². The Kier molecular flexibility index (Phi) is 3.04. The van der Waals surface area contributed by atoms with Crippen LogP contribution >= 0.6 is 0 Å². The molecule has 0 aromatic carbocycles. The molecule has 1 fully saturated rings. The summed E-state index contributed by atoms with van der Waals surface area (Å²) in [6, 6.07) is 0.204. The van der Waals surface area contributed by atoms with Crippen LogP contribution in [0, 0.1) is 5.92 Å². The first-order valence-corrected chi connectivity index (χ1v) is 5.08. The van der Waals surface area contributed by atoms with Crippen molar-refractivity contribution in [2.24, 2.45) is 11.7 Å². The fourth-order valence-corrected chi connectivity index (χ4v) is 2.33. The van der Waals surface area contributed by atoms with Crippen molar-refractivity contribution in [2.75, 3.05) is 0 Å². The van der Waals surface area contributed by atoms with Crippen LogP contribution in [0.1, 0.15) is 26.2 Å². The molecule has 11 heavy (non-hydrogen) atoms. The Morgan fingerprint density at radius 1 is 1.55 bits per heavy atom. The average Bonchev–Trinajstić information content (AvgIpc) is 1.94. The fraction of sp³-hybridized carbons (Fsp3) is 1.00. The van der Waals surface area contributed by atoms with E-state index in [2.05, 4.69) is 0 Å². The molecule has 0 aliphatic heterocycles. The summed E-state index contributed by atoms with van der Waals surface area (Å²) in [6.45, 7) is 2.02. The third-order valence-corrected chi connectivity index (χ3v) is 3.43. The van der Waals surface area contributed by atoms with Crippen molar-refractivity contribution in [3.63, 3.8) is 0 Å². The van der Waals surface area contributed by atoms with E-state index in [1.165, 1.54) is 0 Å². The van der Waals surface area contributed by atoms with Gasteiger partial charge in [0, 0.05) is 11.3 Å². The Balaban J connectivity index is 2.46. The zero-order valence-corrected chi connectivity index (χ0v) is 7.47. The van der Waals surface area contributed by atoms with Crippen molar-refractivity contribution in [2.45, 2.75) is 37.5 Å².